The Balaban J connectivity index is 1.52. The topological polar surface area (TPSA) is 41.5 Å². The van der Waals surface area contributed by atoms with Gasteiger partial charge >= 0.3 is 0 Å². The number of nitrogens with one attached hydrogen (secondary N) is 1. The van der Waals surface area contributed by atoms with Crippen molar-refractivity contribution in [3.05, 3.63) is 66.2 Å². The number of benzene rings is 2. The average molecular weight is 285 g/mol. The Morgan fingerprint density at radius 1 is 0.952 bits per heavy atom. The van der Waals surface area contributed by atoms with Crippen LogP contribution < -0.4 is 10.1 Å². The highest BCUT2D eigenvalue weighted by atomic mass is 16.5. The zero-order valence-electron chi connectivity index (χ0n) is 12.2. The van der Waals surface area contributed by atoms with E-state index in [0.717, 1.165) is 25.1 Å². The van der Waals surface area contributed by atoms with Gasteiger partial charge in [-0.15, -0.1) is 0 Å². The Hall–Kier alpha value is -1.84. The maximum absolute atomic E-state index is 9.84. The summed E-state index contributed by atoms with van der Waals surface area (Å²) in [5, 5.41) is 13.1. The first-order valence-corrected chi connectivity index (χ1v) is 7.45. The first-order valence-electron chi connectivity index (χ1n) is 7.45. The van der Waals surface area contributed by atoms with Crippen LogP contribution in [0, 0.1) is 0 Å². The molecule has 3 nitrogen and oxygen atoms in total. The molecule has 112 valence electrons. The van der Waals surface area contributed by atoms with Gasteiger partial charge in [-0.1, -0.05) is 48.5 Å². The average Bonchev–Trinajstić information content (AvgIpc) is 2.54. The monoisotopic (exact) mass is 285 g/mol. The van der Waals surface area contributed by atoms with Gasteiger partial charge in [-0.25, -0.2) is 0 Å². The Bertz CT molecular complexity index is 487. The minimum Gasteiger partial charge on any atom is -0.491 e. The molecule has 0 aliphatic carbocycles. The van der Waals surface area contributed by atoms with Gasteiger partial charge in [0.15, 0.2) is 0 Å². The van der Waals surface area contributed by atoms with Gasteiger partial charge in [0.1, 0.15) is 18.5 Å². The molecule has 0 spiro atoms. The molecular formula is C18H23NO2. The summed E-state index contributed by atoms with van der Waals surface area (Å²) in [4.78, 5) is 0. The molecule has 1 atom stereocenters. The molecule has 0 amide bonds. The molecule has 2 aromatic carbocycles. The summed E-state index contributed by atoms with van der Waals surface area (Å²) in [5.41, 5.74) is 1.35. The summed E-state index contributed by atoms with van der Waals surface area (Å²) in [7, 11) is 0. The largest absolute Gasteiger partial charge is 0.491 e. The number of aliphatic hydroxyl groups excluding tert-OH is 1. The fraction of sp³-hybridized carbons (Fsp3) is 0.333. The number of aryl methyl sites for hydroxylation is 1. The first kappa shape index (κ1) is 15.5. The smallest absolute Gasteiger partial charge is 0.119 e. The summed E-state index contributed by atoms with van der Waals surface area (Å²) < 4.78 is 5.50. The van der Waals surface area contributed by atoms with Crippen molar-refractivity contribution in [2.75, 3.05) is 19.7 Å². The third-order valence-electron chi connectivity index (χ3n) is 3.23. The number of rotatable bonds is 9. The van der Waals surface area contributed by atoms with Crippen LogP contribution in [0.4, 0.5) is 0 Å². The van der Waals surface area contributed by atoms with Crippen molar-refractivity contribution >= 4 is 0 Å². The lowest BCUT2D eigenvalue weighted by Crippen LogP contribution is -2.32. The minimum absolute atomic E-state index is 0.315. The predicted octanol–water partition coefficient (Wildman–Crippen LogP) is 2.65. The molecule has 0 saturated carbocycles. The lowest BCUT2D eigenvalue weighted by atomic mass is 10.1. The summed E-state index contributed by atoms with van der Waals surface area (Å²) in [5.74, 6) is 0.792. The Morgan fingerprint density at radius 3 is 2.33 bits per heavy atom. The van der Waals surface area contributed by atoms with Gasteiger partial charge in [-0.3, -0.25) is 0 Å². The molecule has 0 bridgehead atoms. The molecule has 0 aromatic heterocycles. The third kappa shape index (κ3) is 6.43. The highest BCUT2D eigenvalue weighted by Gasteiger charge is 2.04. The molecule has 21 heavy (non-hydrogen) atoms. The Kier molecular flexibility index (Phi) is 6.78. The summed E-state index contributed by atoms with van der Waals surface area (Å²) in [6, 6.07) is 20.0. The van der Waals surface area contributed by atoms with Gasteiger partial charge in [-0.2, -0.15) is 0 Å². The molecule has 0 heterocycles. The van der Waals surface area contributed by atoms with Crippen LogP contribution in [0.5, 0.6) is 5.75 Å². The van der Waals surface area contributed by atoms with E-state index >= 15 is 0 Å². The van der Waals surface area contributed by atoms with Gasteiger partial charge in [0.25, 0.3) is 0 Å². The maximum Gasteiger partial charge on any atom is 0.119 e. The predicted molar refractivity (Wildman–Crippen MR) is 85.6 cm³/mol. The van der Waals surface area contributed by atoms with Crippen molar-refractivity contribution in [1.82, 2.24) is 5.32 Å². The second-order valence-electron chi connectivity index (χ2n) is 5.07. The molecule has 2 aromatic rings. The maximum atomic E-state index is 9.84. The molecule has 2 N–H and O–H groups in total. The highest BCUT2D eigenvalue weighted by Crippen LogP contribution is 2.08. The summed E-state index contributed by atoms with van der Waals surface area (Å²) >= 11 is 0. The normalized spacial score (nSPS) is 12.0. The highest BCUT2D eigenvalue weighted by molar-refractivity contribution is 5.20. The van der Waals surface area contributed by atoms with Crippen molar-refractivity contribution < 1.29 is 9.84 Å². The van der Waals surface area contributed by atoms with Crippen LogP contribution in [0.3, 0.4) is 0 Å². The molecule has 0 aliphatic rings. The van der Waals surface area contributed by atoms with Crippen molar-refractivity contribution in [1.29, 1.82) is 0 Å². The first-order chi connectivity index (χ1) is 10.3. The molecule has 0 fully saturated rings. The van der Waals surface area contributed by atoms with E-state index in [1.54, 1.807) is 0 Å². The summed E-state index contributed by atoms with van der Waals surface area (Å²) in [6.07, 6.45) is 1.64. The van der Waals surface area contributed by atoms with Gasteiger partial charge in [0.05, 0.1) is 0 Å². The van der Waals surface area contributed by atoms with Crippen molar-refractivity contribution in [3.8, 4) is 5.75 Å². The van der Waals surface area contributed by atoms with E-state index in [9.17, 15) is 5.11 Å². The standard InChI is InChI=1S/C18H23NO2/c20-17(15-21-18-11-5-2-6-12-18)14-19-13-7-10-16-8-3-1-4-9-16/h1-6,8-9,11-12,17,19-20H,7,10,13-15H2/t17-/m0/s1. The van der Waals surface area contributed by atoms with Crippen LogP contribution in [0.2, 0.25) is 0 Å². The van der Waals surface area contributed by atoms with E-state index < -0.39 is 6.10 Å². The lowest BCUT2D eigenvalue weighted by Gasteiger charge is -2.13. The van der Waals surface area contributed by atoms with Crippen LogP contribution >= 0.6 is 0 Å². The number of ether oxygens (including phenoxy) is 1. The number of para-hydroxylation sites is 1. The molecular weight excluding hydrogens is 262 g/mol. The van der Waals surface area contributed by atoms with Crippen molar-refractivity contribution in [2.45, 2.75) is 18.9 Å². The van der Waals surface area contributed by atoms with E-state index in [2.05, 4.69) is 29.6 Å². The quantitative estimate of drug-likeness (QED) is 0.696. The molecule has 0 unspecified atom stereocenters. The van der Waals surface area contributed by atoms with Gasteiger partial charge < -0.3 is 15.2 Å². The van der Waals surface area contributed by atoms with E-state index in [-0.39, 0.29) is 0 Å². The zero-order chi connectivity index (χ0) is 14.8. The molecule has 3 heteroatoms. The number of aliphatic hydroxyl groups is 1. The van der Waals surface area contributed by atoms with Crippen molar-refractivity contribution in [2.24, 2.45) is 0 Å². The molecule has 2 rings (SSSR count). The van der Waals surface area contributed by atoms with Gasteiger partial charge in [-0.05, 0) is 37.1 Å². The van der Waals surface area contributed by atoms with Gasteiger partial charge in [0.2, 0.25) is 0 Å². The molecule has 0 saturated heterocycles. The van der Waals surface area contributed by atoms with E-state index in [0.29, 0.717) is 13.2 Å². The molecule has 0 radical (unpaired) electrons. The van der Waals surface area contributed by atoms with Crippen LogP contribution in [0.25, 0.3) is 0 Å². The second-order valence-corrected chi connectivity index (χ2v) is 5.07. The fourth-order valence-corrected chi connectivity index (χ4v) is 2.10. The Morgan fingerprint density at radius 2 is 1.62 bits per heavy atom. The minimum atomic E-state index is -0.484. The van der Waals surface area contributed by atoms with Crippen LogP contribution in [0.1, 0.15) is 12.0 Å². The van der Waals surface area contributed by atoms with E-state index in [1.165, 1.54) is 5.56 Å². The lowest BCUT2D eigenvalue weighted by molar-refractivity contribution is 0.106. The fourth-order valence-electron chi connectivity index (χ4n) is 2.10. The third-order valence-corrected chi connectivity index (χ3v) is 3.23. The van der Waals surface area contributed by atoms with Gasteiger partial charge in [0, 0.05) is 6.54 Å². The second kappa shape index (κ2) is 9.16. The molecule has 0 aliphatic heterocycles. The zero-order valence-corrected chi connectivity index (χ0v) is 12.2. The summed E-state index contributed by atoms with van der Waals surface area (Å²) in [6.45, 7) is 1.77. The van der Waals surface area contributed by atoms with Crippen molar-refractivity contribution in [3.63, 3.8) is 0 Å². The number of hydrogen-bond donors (Lipinski definition) is 2. The van der Waals surface area contributed by atoms with E-state index in [1.807, 2.05) is 36.4 Å². The SMILES string of the molecule is O[C@@H](CNCCCc1ccccc1)COc1ccccc1. The number of hydrogen-bond acceptors (Lipinski definition) is 3. The van der Waals surface area contributed by atoms with Crippen LogP contribution in [-0.2, 0) is 6.42 Å². The van der Waals surface area contributed by atoms with Crippen LogP contribution in [-0.4, -0.2) is 30.9 Å². The van der Waals surface area contributed by atoms with E-state index in [4.69, 9.17) is 4.74 Å². The Labute approximate surface area is 126 Å². The van der Waals surface area contributed by atoms with Crippen LogP contribution in [0.15, 0.2) is 60.7 Å².